The molecule has 1 aromatic heterocycles. The lowest BCUT2D eigenvalue weighted by Crippen LogP contribution is -2.21. The van der Waals surface area contributed by atoms with Crippen LogP contribution >= 0.6 is 11.3 Å². The average Bonchev–Trinajstić information content (AvgIpc) is 2.65. The first kappa shape index (κ1) is 15.3. The van der Waals surface area contributed by atoms with E-state index < -0.39 is 11.9 Å². The molecule has 0 aliphatic heterocycles. The first-order valence-corrected chi connectivity index (χ1v) is 6.39. The molecule has 0 aromatic carbocycles. The fraction of sp³-hybridized carbons (Fsp3) is 0.455. The molecule has 0 spiro atoms. The van der Waals surface area contributed by atoms with Crippen molar-refractivity contribution >= 4 is 33.9 Å². The summed E-state index contributed by atoms with van der Waals surface area (Å²) in [5.41, 5.74) is 11.2. The standard InChI is InChI=1S/C11H18N4O3S/c1-15(2)5-4-14-10-6(11(17)18-3)7(12)8(19-10)9(13)16/h14H,4-5,12H2,1-3H3,(H2,13,16). The molecule has 1 heterocycles. The van der Waals surface area contributed by atoms with Gasteiger partial charge in [-0.15, -0.1) is 11.3 Å². The Labute approximate surface area is 115 Å². The maximum Gasteiger partial charge on any atom is 0.343 e. The third kappa shape index (κ3) is 3.58. The molecule has 0 radical (unpaired) electrons. The molecule has 1 aromatic rings. The summed E-state index contributed by atoms with van der Waals surface area (Å²) in [6.07, 6.45) is 0. The highest BCUT2D eigenvalue weighted by Gasteiger charge is 2.24. The van der Waals surface area contributed by atoms with E-state index in [1.807, 2.05) is 19.0 Å². The Hall–Kier alpha value is -1.80. The topological polar surface area (TPSA) is 111 Å². The lowest BCUT2D eigenvalue weighted by Gasteiger charge is -2.11. The van der Waals surface area contributed by atoms with E-state index in [0.717, 1.165) is 17.9 Å². The number of nitrogens with one attached hydrogen (secondary N) is 1. The van der Waals surface area contributed by atoms with Crippen molar-refractivity contribution in [2.45, 2.75) is 0 Å². The third-order valence-corrected chi connectivity index (χ3v) is 3.58. The molecular weight excluding hydrogens is 268 g/mol. The number of esters is 1. The first-order chi connectivity index (χ1) is 8.88. The number of carbonyl (C=O) groups is 2. The number of rotatable bonds is 6. The Morgan fingerprint density at radius 2 is 2.05 bits per heavy atom. The summed E-state index contributed by atoms with van der Waals surface area (Å²) in [5.74, 6) is -1.25. The highest BCUT2D eigenvalue weighted by Crippen LogP contribution is 2.35. The summed E-state index contributed by atoms with van der Waals surface area (Å²) in [6, 6.07) is 0. The van der Waals surface area contributed by atoms with Crippen molar-refractivity contribution in [3.63, 3.8) is 0 Å². The van der Waals surface area contributed by atoms with Crippen LogP contribution in [0, 0.1) is 0 Å². The SMILES string of the molecule is COC(=O)c1c(NCCN(C)C)sc(C(N)=O)c1N. The molecule has 106 valence electrons. The summed E-state index contributed by atoms with van der Waals surface area (Å²) >= 11 is 1.06. The van der Waals surface area contributed by atoms with E-state index >= 15 is 0 Å². The normalized spacial score (nSPS) is 10.5. The fourth-order valence-corrected chi connectivity index (χ4v) is 2.44. The van der Waals surface area contributed by atoms with Crippen molar-refractivity contribution < 1.29 is 14.3 Å². The molecule has 0 unspecified atom stereocenters. The number of nitrogens with zero attached hydrogens (tertiary/aromatic N) is 1. The van der Waals surface area contributed by atoms with Crippen LogP contribution in [0.15, 0.2) is 0 Å². The van der Waals surface area contributed by atoms with Crippen molar-refractivity contribution in [1.82, 2.24) is 4.90 Å². The van der Waals surface area contributed by atoms with Gasteiger partial charge >= 0.3 is 5.97 Å². The van der Waals surface area contributed by atoms with Crippen molar-refractivity contribution in [3.05, 3.63) is 10.4 Å². The Balaban J connectivity index is 3.04. The van der Waals surface area contributed by atoms with Gasteiger partial charge in [-0.2, -0.15) is 0 Å². The minimum absolute atomic E-state index is 0.0664. The fourth-order valence-electron chi connectivity index (χ4n) is 1.45. The lowest BCUT2D eigenvalue weighted by atomic mass is 10.2. The number of anilines is 2. The molecule has 0 aliphatic rings. The predicted octanol–water partition coefficient (Wildman–Crippen LogP) is 0.189. The van der Waals surface area contributed by atoms with Crippen molar-refractivity contribution in [2.24, 2.45) is 5.73 Å². The van der Waals surface area contributed by atoms with Gasteiger partial charge in [-0.05, 0) is 14.1 Å². The molecule has 7 nitrogen and oxygen atoms in total. The molecule has 0 aliphatic carbocycles. The Bertz CT molecular complexity index is 485. The maximum absolute atomic E-state index is 11.7. The summed E-state index contributed by atoms with van der Waals surface area (Å²) in [7, 11) is 5.12. The van der Waals surface area contributed by atoms with Gasteiger partial charge in [-0.3, -0.25) is 4.79 Å². The van der Waals surface area contributed by atoms with Crippen LogP contribution in [-0.4, -0.2) is 51.1 Å². The van der Waals surface area contributed by atoms with Crippen LogP contribution in [-0.2, 0) is 4.74 Å². The van der Waals surface area contributed by atoms with Gasteiger partial charge in [0.25, 0.3) is 5.91 Å². The number of hydrogen-bond acceptors (Lipinski definition) is 7. The van der Waals surface area contributed by atoms with E-state index in [0.29, 0.717) is 11.5 Å². The van der Waals surface area contributed by atoms with Crippen LogP contribution in [0.1, 0.15) is 20.0 Å². The lowest BCUT2D eigenvalue weighted by molar-refractivity contribution is 0.0603. The number of amides is 1. The number of carbonyl (C=O) groups excluding carboxylic acids is 2. The number of thiophene rings is 1. The average molecular weight is 286 g/mol. The van der Waals surface area contributed by atoms with Crippen LogP contribution in [0.3, 0.4) is 0 Å². The molecule has 0 saturated carbocycles. The minimum atomic E-state index is -0.659. The molecule has 0 fully saturated rings. The highest BCUT2D eigenvalue weighted by atomic mass is 32.1. The van der Waals surface area contributed by atoms with E-state index in [-0.39, 0.29) is 16.1 Å². The second-order valence-corrected chi connectivity index (χ2v) is 5.16. The Morgan fingerprint density at radius 1 is 1.42 bits per heavy atom. The number of methoxy groups -OCH3 is 1. The maximum atomic E-state index is 11.7. The van der Waals surface area contributed by atoms with Crippen LogP contribution in [0.5, 0.6) is 0 Å². The summed E-state index contributed by atoms with van der Waals surface area (Å²) < 4.78 is 4.66. The second kappa shape index (κ2) is 6.39. The van der Waals surface area contributed by atoms with Crippen LogP contribution in [0.4, 0.5) is 10.7 Å². The van der Waals surface area contributed by atoms with Gasteiger partial charge < -0.3 is 26.4 Å². The zero-order chi connectivity index (χ0) is 14.6. The Morgan fingerprint density at radius 3 is 2.53 bits per heavy atom. The van der Waals surface area contributed by atoms with E-state index in [2.05, 4.69) is 10.1 Å². The minimum Gasteiger partial charge on any atom is -0.465 e. The summed E-state index contributed by atoms with van der Waals surface area (Å²) in [4.78, 5) is 25.1. The van der Waals surface area contributed by atoms with Gasteiger partial charge in [0.2, 0.25) is 0 Å². The van der Waals surface area contributed by atoms with E-state index in [9.17, 15) is 9.59 Å². The quantitative estimate of drug-likeness (QED) is 0.644. The smallest absolute Gasteiger partial charge is 0.343 e. The zero-order valence-electron chi connectivity index (χ0n) is 11.1. The molecule has 1 amide bonds. The molecular formula is C11H18N4O3S. The number of hydrogen-bond donors (Lipinski definition) is 3. The second-order valence-electron chi connectivity index (χ2n) is 4.13. The molecule has 1 rings (SSSR count). The van der Waals surface area contributed by atoms with E-state index in [1.54, 1.807) is 0 Å². The zero-order valence-corrected chi connectivity index (χ0v) is 12.0. The van der Waals surface area contributed by atoms with Crippen molar-refractivity contribution in [1.29, 1.82) is 0 Å². The van der Waals surface area contributed by atoms with Gasteiger partial charge in [-0.25, -0.2) is 4.79 Å². The first-order valence-electron chi connectivity index (χ1n) is 5.57. The number of ether oxygens (including phenoxy) is 1. The van der Waals surface area contributed by atoms with Gasteiger partial charge in [-0.1, -0.05) is 0 Å². The molecule has 19 heavy (non-hydrogen) atoms. The monoisotopic (exact) mass is 286 g/mol. The highest BCUT2D eigenvalue weighted by molar-refractivity contribution is 7.19. The largest absolute Gasteiger partial charge is 0.465 e. The van der Waals surface area contributed by atoms with Crippen LogP contribution < -0.4 is 16.8 Å². The van der Waals surface area contributed by atoms with E-state index in [1.165, 1.54) is 7.11 Å². The van der Waals surface area contributed by atoms with Gasteiger partial charge in [0.05, 0.1) is 12.8 Å². The molecule has 0 bridgehead atoms. The van der Waals surface area contributed by atoms with Crippen molar-refractivity contribution in [3.8, 4) is 0 Å². The summed E-state index contributed by atoms with van der Waals surface area (Å²) in [5, 5.41) is 3.56. The number of nitrogen functional groups attached to an aromatic ring is 1. The Kier molecular flexibility index (Phi) is 5.13. The van der Waals surface area contributed by atoms with Gasteiger partial charge in [0, 0.05) is 13.1 Å². The number of primary amides is 1. The van der Waals surface area contributed by atoms with Gasteiger partial charge in [0.15, 0.2) is 0 Å². The number of likely N-dealkylation sites (N-methyl/N-ethyl adjacent to an activating group) is 1. The van der Waals surface area contributed by atoms with E-state index in [4.69, 9.17) is 11.5 Å². The van der Waals surface area contributed by atoms with Crippen molar-refractivity contribution in [2.75, 3.05) is 45.3 Å². The third-order valence-electron chi connectivity index (χ3n) is 2.40. The summed E-state index contributed by atoms with van der Waals surface area (Å²) in [6.45, 7) is 1.37. The predicted molar refractivity (Wildman–Crippen MR) is 75.6 cm³/mol. The van der Waals surface area contributed by atoms with Gasteiger partial charge in [0.1, 0.15) is 15.4 Å². The molecule has 0 saturated heterocycles. The van der Waals surface area contributed by atoms with Crippen LogP contribution in [0.2, 0.25) is 0 Å². The number of nitrogens with two attached hydrogens (primary N) is 2. The molecule has 5 N–H and O–H groups in total. The molecule has 8 heteroatoms. The molecule has 0 atom stereocenters. The van der Waals surface area contributed by atoms with Crippen LogP contribution in [0.25, 0.3) is 0 Å².